The Kier molecular flexibility index (Phi) is 31.0. The van der Waals surface area contributed by atoms with Crippen LogP contribution < -0.4 is 16.0 Å². The summed E-state index contributed by atoms with van der Waals surface area (Å²) in [5, 5.41) is 8.49. The molecule has 4 heterocycles. The van der Waals surface area contributed by atoms with E-state index in [1.165, 1.54) is 71.7 Å². The molecular weight excluding hydrogens is 1440 g/mol. The fraction of sp³-hybridized carbons (Fsp3) is 0.842. The lowest BCUT2D eigenvalue weighted by molar-refractivity contribution is -0.219. The quantitative estimate of drug-likeness (QED) is 0.193. The van der Waals surface area contributed by atoms with E-state index in [2.05, 4.69) is 16.0 Å². The number of carbonyl (C=O) groups excluding carboxylic acids is 12. The van der Waals surface area contributed by atoms with Crippen molar-refractivity contribution in [3.8, 4) is 0 Å². The van der Waals surface area contributed by atoms with Crippen molar-refractivity contribution in [2.24, 2.45) is 35.5 Å². The van der Waals surface area contributed by atoms with E-state index < -0.39 is 230 Å². The monoisotopic (exact) mass is 1560 g/mol. The van der Waals surface area contributed by atoms with Crippen LogP contribution in [0.4, 0.5) is 30.7 Å². The fourth-order valence-corrected chi connectivity index (χ4v) is 17.6. The lowest BCUT2D eigenvalue weighted by Gasteiger charge is -2.47. The van der Waals surface area contributed by atoms with Gasteiger partial charge in [-0.15, -0.1) is 0 Å². The summed E-state index contributed by atoms with van der Waals surface area (Å²) in [6, 6.07) is -11.2. The van der Waals surface area contributed by atoms with Crippen molar-refractivity contribution in [2.45, 2.75) is 273 Å². The molecule has 8 aliphatic rings. The molecule has 12 amide bonds. The Morgan fingerprint density at radius 1 is 0.596 bits per heavy atom. The number of carbonyl (C=O) groups is 12. The minimum atomic E-state index is -5.21. The Bertz CT molecular complexity index is 3210. The predicted octanol–water partition coefficient (Wildman–Crippen LogP) is 5.45. The van der Waals surface area contributed by atoms with Crippen LogP contribution in [0.2, 0.25) is 0 Å². The zero-order chi connectivity index (χ0) is 80.3. The first-order chi connectivity index (χ1) is 51.4. The lowest BCUT2D eigenvalue weighted by atomic mass is 9.74. The number of rotatable bonds is 13. The van der Waals surface area contributed by atoms with E-state index in [1.54, 1.807) is 20.8 Å². The van der Waals surface area contributed by atoms with E-state index >= 15 is 56.3 Å². The average Bonchev–Trinajstić information content (AvgIpc) is 1.72. The van der Waals surface area contributed by atoms with Gasteiger partial charge in [-0.1, -0.05) is 59.8 Å². The van der Waals surface area contributed by atoms with E-state index in [0.29, 0.717) is 57.8 Å². The number of ether oxygens (including phenoxy) is 2. The largest absolute Gasteiger partial charge is 0.397 e. The van der Waals surface area contributed by atoms with E-state index in [9.17, 15) is 31.9 Å². The van der Waals surface area contributed by atoms with Gasteiger partial charge < -0.3 is 69.5 Å². The molecular formula is C76H119F7N12O14. The number of fused-ring (bicyclic) bond motifs is 3. The van der Waals surface area contributed by atoms with Crippen LogP contribution in [0.5, 0.6) is 0 Å². The number of hydrogen-bond donors (Lipinski definition) is 3. The summed E-state index contributed by atoms with van der Waals surface area (Å²) < 4.78 is 115. The van der Waals surface area contributed by atoms with Crippen LogP contribution in [-0.2, 0) is 67.0 Å². The highest BCUT2D eigenvalue weighted by Gasteiger charge is 2.56. The van der Waals surface area contributed by atoms with Crippen molar-refractivity contribution >= 4 is 70.9 Å². The number of halogens is 7. The van der Waals surface area contributed by atoms with Crippen molar-refractivity contribution in [2.75, 3.05) is 101 Å². The summed E-state index contributed by atoms with van der Waals surface area (Å²) in [6.07, 6.45) is -14.1. The first-order valence-corrected chi connectivity index (χ1v) is 39.6. The maximum Gasteiger partial charge on any atom is 0.397 e. The highest BCUT2D eigenvalue weighted by molar-refractivity contribution is 6.01. The predicted molar refractivity (Wildman–Crippen MR) is 386 cm³/mol. The number of hydrogen-bond acceptors (Lipinski definition) is 14. The van der Waals surface area contributed by atoms with Crippen LogP contribution in [0.25, 0.3) is 0 Å². The molecule has 0 radical (unpaired) electrons. The smallest absolute Gasteiger partial charge is 0.378 e. The van der Waals surface area contributed by atoms with E-state index in [0.717, 1.165) is 14.7 Å². The molecule has 4 aliphatic heterocycles. The maximum absolute atomic E-state index is 15.7. The molecule has 109 heavy (non-hydrogen) atoms. The van der Waals surface area contributed by atoms with Crippen LogP contribution in [0.1, 0.15) is 182 Å². The van der Waals surface area contributed by atoms with Gasteiger partial charge in [-0.05, 0) is 139 Å². The van der Waals surface area contributed by atoms with Gasteiger partial charge in [0.15, 0.2) is 0 Å². The minimum Gasteiger partial charge on any atom is -0.378 e. The van der Waals surface area contributed by atoms with E-state index in [1.807, 2.05) is 13.8 Å². The van der Waals surface area contributed by atoms with Crippen LogP contribution in [0.15, 0.2) is 0 Å². The third kappa shape index (κ3) is 21.2. The number of alkyl halides is 7. The second-order valence-corrected chi connectivity index (χ2v) is 32.7. The molecule has 3 N–H and O–H groups in total. The summed E-state index contributed by atoms with van der Waals surface area (Å²) in [5.74, 6) is -15.1. The SMILES string of the molecule is CCO[C@@H]1C[C@H]2C(=O)NC3(CCC3)C(=O)N(C)[C@@H](C3CCCC3)C(=O)N(C)[C@H](C(=O)N3CCOCC3)CC(=O)N(C)[C@@H](CC(C)C)C(=O)N[C@@H]([C@@H](C)CC)C(=O)N(C)CC(=O)N(C)[C@H]3CCCCCN(C3=O)[C@@H](CC3CCC(F)C(F)C3)C(=O)N(C)CC(=O)N[C@@H](CCC3CC(F)C(C(F)(F)F)C(F)C3)C(=O)N2C1. The third-order valence-corrected chi connectivity index (χ3v) is 24.6. The van der Waals surface area contributed by atoms with Crippen molar-refractivity contribution in [3.63, 3.8) is 0 Å². The van der Waals surface area contributed by atoms with Crippen molar-refractivity contribution < 1.29 is 97.7 Å². The van der Waals surface area contributed by atoms with Gasteiger partial charge in [-0.25, -0.2) is 17.6 Å². The van der Waals surface area contributed by atoms with Gasteiger partial charge in [0.1, 0.15) is 84.5 Å². The summed E-state index contributed by atoms with van der Waals surface area (Å²) >= 11 is 0. The van der Waals surface area contributed by atoms with Gasteiger partial charge in [-0.3, -0.25) is 57.5 Å². The first-order valence-electron chi connectivity index (χ1n) is 39.6. The second kappa shape index (κ2) is 38.5. The van der Waals surface area contributed by atoms with Gasteiger partial charge in [0.2, 0.25) is 70.9 Å². The molecule has 0 aromatic heterocycles. The molecule has 2 bridgehead atoms. The maximum atomic E-state index is 15.7. The standard InChI is InChI=1S/C76H119F7N12O14/c1-12-45(5)64-72(105)88(7)43-62(98)89(8)55-22-15-14-18-29-94(71(55)104)59(38-47-23-25-50(77)51(78)35-47)69(102)87(6)42-60(96)84-54(26-24-46-36-52(79)63(53(80)37-46)76(81,82)83)68(101)95-41-49(109-13-2)39-57(95)67(100)86-75(27-19-28-75)74(107)92(11)65(48-20-16-17-21-48)73(106)91(10)58(70(103)93-30-32-108-33-31-93)40-61(97)90(9)56(34-44(3)4)66(99)85-64/h44-59,63-65H,12-43H2,1-11H3,(H,84,96)(H,85,99)(H,86,100)/t45-,46?,47?,49+,50?,51?,52?,53?,54-,55-,56-,57-,58-,59-,63?,64-,65-/m0/s1. The molecule has 8 fully saturated rings. The van der Waals surface area contributed by atoms with Crippen molar-refractivity contribution in [3.05, 3.63) is 0 Å². The Morgan fingerprint density at radius 3 is 1.83 bits per heavy atom. The molecule has 5 unspecified atom stereocenters. The normalized spacial score (nSPS) is 33.1. The summed E-state index contributed by atoms with van der Waals surface area (Å²) in [4.78, 5) is 193. The van der Waals surface area contributed by atoms with E-state index in [4.69, 9.17) is 9.47 Å². The topological polar surface area (TPSA) is 289 Å². The van der Waals surface area contributed by atoms with Crippen LogP contribution in [0, 0.1) is 35.5 Å². The Balaban J connectivity index is 1.21. The highest BCUT2D eigenvalue weighted by atomic mass is 19.4. The Hall–Kier alpha value is -6.93. The van der Waals surface area contributed by atoms with E-state index in [-0.39, 0.29) is 116 Å². The van der Waals surface area contributed by atoms with Crippen LogP contribution in [-0.4, -0.2) is 307 Å². The number of amides is 12. The molecule has 15 atom stereocenters. The summed E-state index contributed by atoms with van der Waals surface area (Å²) in [6.45, 7) is 7.68. The number of morpholine rings is 1. The zero-order valence-electron chi connectivity index (χ0n) is 65.5. The number of nitrogens with zero attached hydrogens (tertiary/aromatic N) is 9. The molecule has 4 aliphatic carbocycles. The second-order valence-electron chi connectivity index (χ2n) is 32.7. The molecule has 4 saturated carbocycles. The average molecular weight is 1560 g/mol. The Morgan fingerprint density at radius 2 is 1.23 bits per heavy atom. The molecule has 33 heteroatoms. The fourth-order valence-electron chi connectivity index (χ4n) is 17.6. The molecule has 4 saturated heterocycles. The summed E-state index contributed by atoms with van der Waals surface area (Å²) in [5.41, 5.74) is -1.69. The molecule has 26 nitrogen and oxygen atoms in total. The molecule has 8 rings (SSSR count). The highest BCUT2D eigenvalue weighted by Crippen LogP contribution is 2.45. The van der Waals surface area contributed by atoms with Gasteiger partial charge >= 0.3 is 6.18 Å². The molecule has 0 aromatic carbocycles. The lowest BCUT2D eigenvalue weighted by Crippen LogP contribution is -2.68. The van der Waals surface area contributed by atoms with Crippen LogP contribution >= 0.6 is 0 Å². The van der Waals surface area contributed by atoms with Crippen LogP contribution in [0.3, 0.4) is 0 Å². The van der Waals surface area contributed by atoms with Gasteiger partial charge in [-0.2, -0.15) is 13.2 Å². The molecule has 1 spiro atoms. The summed E-state index contributed by atoms with van der Waals surface area (Å²) in [7, 11) is 8.17. The van der Waals surface area contributed by atoms with Gasteiger partial charge in [0.05, 0.1) is 38.8 Å². The van der Waals surface area contributed by atoms with Crippen molar-refractivity contribution in [1.82, 2.24) is 60.0 Å². The van der Waals surface area contributed by atoms with Gasteiger partial charge in [0, 0.05) is 81.5 Å². The molecule has 616 valence electrons. The first kappa shape index (κ1) is 87.6. The van der Waals surface area contributed by atoms with Crippen molar-refractivity contribution in [1.29, 1.82) is 0 Å². The zero-order valence-corrected chi connectivity index (χ0v) is 65.5. The molecule has 0 aromatic rings. The number of nitrogens with one attached hydrogen (secondary N) is 3. The Labute approximate surface area is 636 Å². The third-order valence-electron chi connectivity index (χ3n) is 24.6. The number of likely N-dealkylation sites (N-methyl/N-ethyl adjacent to an activating group) is 6. The van der Waals surface area contributed by atoms with Gasteiger partial charge in [0.25, 0.3) is 0 Å². The minimum absolute atomic E-state index is 0.0641.